The van der Waals surface area contributed by atoms with Gasteiger partial charge in [-0.05, 0) is 19.3 Å². The lowest BCUT2D eigenvalue weighted by Crippen LogP contribution is -2.45. The third-order valence-electron chi connectivity index (χ3n) is 3.02. The molecule has 1 saturated carbocycles. The van der Waals surface area contributed by atoms with Crippen molar-refractivity contribution in [2.45, 2.75) is 25.3 Å². The lowest BCUT2D eigenvalue weighted by Gasteiger charge is -2.14. The number of rotatable bonds is 4. The van der Waals surface area contributed by atoms with Gasteiger partial charge in [0.25, 0.3) is 0 Å². The van der Waals surface area contributed by atoms with Crippen LogP contribution in [-0.2, 0) is 9.59 Å². The molecule has 0 aromatic rings. The minimum absolute atomic E-state index is 0.0616. The molecule has 1 aliphatic rings. The summed E-state index contributed by atoms with van der Waals surface area (Å²) in [6.07, 6.45) is 1.69. The molecule has 0 aromatic carbocycles. The van der Waals surface area contributed by atoms with E-state index in [0.29, 0.717) is 19.3 Å². The van der Waals surface area contributed by atoms with Gasteiger partial charge in [0.15, 0.2) is 0 Å². The Morgan fingerprint density at radius 1 is 1.28 bits per heavy atom. The maximum Gasteiger partial charge on any atom is 0.315 e. The van der Waals surface area contributed by atoms with Crippen molar-refractivity contribution in [3.63, 3.8) is 0 Å². The van der Waals surface area contributed by atoms with Crippen LogP contribution < -0.4 is 10.6 Å². The van der Waals surface area contributed by atoms with Crippen LogP contribution in [0.3, 0.4) is 0 Å². The molecule has 102 valence electrons. The Balaban J connectivity index is 2.25. The smallest absolute Gasteiger partial charge is 0.315 e. The van der Waals surface area contributed by atoms with Gasteiger partial charge in [0.05, 0.1) is 12.5 Å². The van der Waals surface area contributed by atoms with Gasteiger partial charge in [-0.3, -0.25) is 9.59 Å². The van der Waals surface area contributed by atoms with E-state index in [4.69, 9.17) is 5.11 Å². The van der Waals surface area contributed by atoms with Crippen LogP contribution in [0.1, 0.15) is 19.3 Å². The summed E-state index contributed by atoms with van der Waals surface area (Å²) in [7, 11) is 3.21. The molecule has 0 aliphatic heterocycles. The zero-order chi connectivity index (χ0) is 13.7. The third-order valence-corrected chi connectivity index (χ3v) is 3.02. The molecule has 1 fully saturated rings. The standard InChI is InChI=1S/C11H19N3O4/c1-14(2)9(15)6-12-11(18)13-8-4-3-7(5-8)10(16)17/h7-8H,3-6H2,1-2H3,(H,16,17)(H2,12,13,18)/t7-,8+/m1/s1. The van der Waals surface area contributed by atoms with Crippen molar-refractivity contribution in [1.29, 1.82) is 0 Å². The summed E-state index contributed by atoms with van der Waals surface area (Å²) in [6.45, 7) is -0.0616. The second kappa shape index (κ2) is 6.23. The molecule has 7 heteroatoms. The van der Waals surface area contributed by atoms with Crippen LogP contribution in [-0.4, -0.2) is 54.6 Å². The Bertz CT molecular complexity index is 343. The van der Waals surface area contributed by atoms with Gasteiger partial charge in [0, 0.05) is 20.1 Å². The zero-order valence-corrected chi connectivity index (χ0v) is 10.6. The lowest BCUT2D eigenvalue weighted by molar-refractivity contribution is -0.141. The number of carbonyl (C=O) groups is 3. The first-order valence-corrected chi connectivity index (χ1v) is 5.87. The summed E-state index contributed by atoms with van der Waals surface area (Å²) in [6, 6.07) is -0.554. The van der Waals surface area contributed by atoms with E-state index in [1.807, 2.05) is 0 Å². The van der Waals surface area contributed by atoms with Crippen LogP contribution in [0.5, 0.6) is 0 Å². The molecule has 7 nitrogen and oxygen atoms in total. The van der Waals surface area contributed by atoms with Gasteiger partial charge in [-0.2, -0.15) is 0 Å². The summed E-state index contributed by atoms with van der Waals surface area (Å²) in [5.74, 6) is -1.39. The van der Waals surface area contributed by atoms with Gasteiger partial charge in [0.1, 0.15) is 0 Å². The minimum atomic E-state index is -0.817. The predicted molar refractivity (Wildman–Crippen MR) is 64.0 cm³/mol. The second-order valence-electron chi connectivity index (χ2n) is 4.66. The molecule has 0 radical (unpaired) electrons. The number of carboxylic acid groups (broad SMARTS) is 1. The molecule has 0 unspecified atom stereocenters. The van der Waals surface area contributed by atoms with Gasteiger partial charge in [-0.25, -0.2) is 4.79 Å². The van der Waals surface area contributed by atoms with Crippen molar-refractivity contribution in [3.05, 3.63) is 0 Å². The van der Waals surface area contributed by atoms with Gasteiger partial charge in [-0.15, -0.1) is 0 Å². The number of hydrogen-bond acceptors (Lipinski definition) is 3. The second-order valence-corrected chi connectivity index (χ2v) is 4.66. The maximum atomic E-state index is 11.5. The first-order valence-electron chi connectivity index (χ1n) is 5.87. The number of amides is 3. The Kier molecular flexibility index (Phi) is 4.94. The van der Waals surface area contributed by atoms with Crippen LogP contribution in [0, 0.1) is 5.92 Å². The quantitative estimate of drug-likeness (QED) is 0.639. The van der Waals surface area contributed by atoms with E-state index in [9.17, 15) is 14.4 Å². The molecule has 3 N–H and O–H groups in total. The fraction of sp³-hybridized carbons (Fsp3) is 0.727. The number of carboxylic acids is 1. The summed E-state index contributed by atoms with van der Waals surface area (Å²) < 4.78 is 0. The summed E-state index contributed by atoms with van der Waals surface area (Å²) in [5, 5.41) is 13.9. The van der Waals surface area contributed by atoms with E-state index in [1.165, 1.54) is 4.90 Å². The third kappa shape index (κ3) is 4.23. The van der Waals surface area contributed by atoms with Crippen molar-refractivity contribution >= 4 is 17.9 Å². The van der Waals surface area contributed by atoms with Crippen molar-refractivity contribution < 1.29 is 19.5 Å². The average Bonchev–Trinajstić information content (AvgIpc) is 2.74. The number of nitrogens with zero attached hydrogens (tertiary/aromatic N) is 1. The Morgan fingerprint density at radius 3 is 2.44 bits per heavy atom. The molecule has 0 heterocycles. The minimum Gasteiger partial charge on any atom is -0.481 e. The number of urea groups is 1. The van der Waals surface area contributed by atoms with Crippen molar-refractivity contribution in [2.24, 2.45) is 5.92 Å². The summed E-state index contributed by atoms with van der Waals surface area (Å²) in [4.78, 5) is 34.8. The maximum absolute atomic E-state index is 11.5. The van der Waals surface area contributed by atoms with E-state index in [1.54, 1.807) is 14.1 Å². The van der Waals surface area contributed by atoms with E-state index in [2.05, 4.69) is 10.6 Å². The highest BCUT2D eigenvalue weighted by molar-refractivity contribution is 5.83. The van der Waals surface area contributed by atoms with Crippen LogP contribution in [0.25, 0.3) is 0 Å². The SMILES string of the molecule is CN(C)C(=O)CNC(=O)N[C@H]1CC[C@@H](C(=O)O)C1. The number of likely N-dealkylation sites (N-methyl/N-ethyl adjacent to an activating group) is 1. The molecule has 2 atom stereocenters. The van der Waals surface area contributed by atoms with Gasteiger partial charge < -0.3 is 20.6 Å². The predicted octanol–water partition coefficient (Wildman–Crippen LogP) is -0.373. The molecule has 1 rings (SSSR count). The van der Waals surface area contributed by atoms with Crippen LogP contribution in [0.2, 0.25) is 0 Å². The van der Waals surface area contributed by atoms with Crippen molar-refractivity contribution in [3.8, 4) is 0 Å². The molecule has 0 saturated heterocycles. The Hall–Kier alpha value is -1.79. The number of nitrogens with one attached hydrogen (secondary N) is 2. The number of aliphatic carboxylic acids is 1. The fourth-order valence-electron chi connectivity index (χ4n) is 1.89. The van der Waals surface area contributed by atoms with Crippen LogP contribution >= 0.6 is 0 Å². The van der Waals surface area contributed by atoms with Crippen LogP contribution in [0.15, 0.2) is 0 Å². The molecule has 3 amide bonds. The van der Waals surface area contributed by atoms with Crippen molar-refractivity contribution in [1.82, 2.24) is 15.5 Å². The Morgan fingerprint density at radius 2 is 1.94 bits per heavy atom. The zero-order valence-electron chi connectivity index (χ0n) is 10.6. The van der Waals surface area contributed by atoms with E-state index < -0.39 is 12.0 Å². The largest absolute Gasteiger partial charge is 0.481 e. The van der Waals surface area contributed by atoms with Crippen LogP contribution in [0.4, 0.5) is 4.79 Å². The number of carbonyl (C=O) groups excluding carboxylic acids is 2. The average molecular weight is 257 g/mol. The molecule has 0 spiro atoms. The van der Waals surface area contributed by atoms with E-state index in [-0.39, 0.29) is 24.4 Å². The normalized spacial score (nSPS) is 22.3. The molecule has 0 aromatic heterocycles. The highest BCUT2D eigenvalue weighted by atomic mass is 16.4. The molecule has 18 heavy (non-hydrogen) atoms. The highest BCUT2D eigenvalue weighted by Crippen LogP contribution is 2.25. The number of hydrogen-bond donors (Lipinski definition) is 3. The fourth-order valence-corrected chi connectivity index (χ4v) is 1.89. The van der Waals surface area contributed by atoms with Crippen molar-refractivity contribution in [2.75, 3.05) is 20.6 Å². The molecular weight excluding hydrogens is 238 g/mol. The van der Waals surface area contributed by atoms with Gasteiger partial charge in [0.2, 0.25) is 5.91 Å². The highest BCUT2D eigenvalue weighted by Gasteiger charge is 2.30. The molecular formula is C11H19N3O4. The molecule has 0 bridgehead atoms. The van der Waals surface area contributed by atoms with E-state index >= 15 is 0 Å². The van der Waals surface area contributed by atoms with Gasteiger partial charge >= 0.3 is 12.0 Å². The first-order chi connectivity index (χ1) is 8.40. The lowest BCUT2D eigenvalue weighted by atomic mass is 10.1. The van der Waals surface area contributed by atoms with Gasteiger partial charge in [-0.1, -0.05) is 0 Å². The van der Waals surface area contributed by atoms with E-state index in [0.717, 1.165) is 0 Å². The summed E-state index contributed by atoms with van der Waals surface area (Å²) >= 11 is 0. The Labute approximate surface area is 106 Å². The first kappa shape index (κ1) is 14.3. The monoisotopic (exact) mass is 257 g/mol. The topological polar surface area (TPSA) is 98.7 Å². The molecule has 1 aliphatic carbocycles. The summed E-state index contributed by atoms with van der Waals surface area (Å²) in [5.41, 5.74) is 0.